The quantitative estimate of drug-likeness (QED) is 0.612. The first-order valence-electron chi connectivity index (χ1n) is 3.02. The molecule has 1 atom stereocenters. The van der Waals surface area contributed by atoms with Crippen molar-refractivity contribution in [2.45, 2.75) is 6.54 Å². The number of aromatic nitrogens is 4. The number of aryl methyl sites for hydroxylation is 1. The molecule has 0 fully saturated rings. The summed E-state index contributed by atoms with van der Waals surface area (Å²) in [5, 5.41) is 10.4. The van der Waals surface area contributed by atoms with Gasteiger partial charge in [0.05, 0.1) is 6.54 Å². The topological polar surface area (TPSA) is 86.7 Å². The third-order valence-corrected chi connectivity index (χ3v) is 1.91. The molecular formula is C4H9N5OS. The third-order valence-electron chi connectivity index (χ3n) is 1.15. The van der Waals surface area contributed by atoms with Crippen LogP contribution < -0.4 is 5.73 Å². The van der Waals surface area contributed by atoms with E-state index in [9.17, 15) is 4.21 Å². The highest BCUT2D eigenvalue weighted by atomic mass is 32.2. The largest absolute Gasteiger partial charge is 0.367 e. The molecular weight excluding hydrogens is 166 g/mol. The van der Waals surface area contributed by atoms with E-state index in [1.165, 1.54) is 4.68 Å². The predicted octanol–water partition coefficient (Wildman–Crippen LogP) is -1.37. The fraction of sp³-hybridized carbons (Fsp3) is 0.750. The van der Waals surface area contributed by atoms with E-state index in [4.69, 9.17) is 5.73 Å². The van der Waals surface area contributed by atoms with Gasteiger partial charge in [-0.1, -0.05) is 5.10 Å². The van der Waals surface area contributed by atoms with Crippen molar-refractivity contribution >= 4 is 16.7 Å². The van der Waals surface area contributed by atoms with Gasteiger partial charge in [-0.25, -0.2) is 4.68 Å². The van der Waals surface area contributed by atoms with E-state index in [0.29, 0.717) is 12.3 Å². The summed E-state index contributed by atoms with van der Waals surface area (Å²) in [7, 11) is -0.830. The monoisotopic (exact) mass is 175 g/mol. The highest BCUT2D eigenvalue weighted by Gasteiger charge is 2.00. The second-order valence-corrected chi connectivity index (χ2v) is 3.59. The van der Waals surface area contributed by atoms with Crippen molar-refractivity contribution in [2.24, 2.45) is 0 Å². The lowest BCUT2D eigenvalue weighted by Gasteiger charge is -1.97. The maximum atomic E-state index is 10.6. The van der Waals surface area contributed by atoms with Gasteiger partial charge in [-0.05, 0) is 10.4 Å². The predicted molar refractivity (Wildman–Crippen MR) is 41.2 cm³/mol. The molecule has 1 rings (SSSR count). The van der Waals surface area contributed by atoms with Crippen LogP contribution in [0, 0.1) is 0 Å². The lowest BCUT2D eigenvalue weighted by molar-refractivity contribution is 0.627. The molecule has 0 amide bonds. The Bertz CT molecular complexity index is 259. The van der Waals surface area contributed by atoms with E-state index in [0.717, 1.165) is 0 Å². The van der Waals surface area contributed by atoms with Crippen molar-refractivity contribution in [1.29, 1.82) is 0 Å². The lowest BCUT2D eigenvalue weighted by atomic mass is 10.7. The molecule has 2 N–H and O–H groups in total. The Kier molecular flexibility index (Phi) is 2.53. The van der Waals surface area contributed by atoms with Gasteiger partial charge in [0.15, 0.2) is 0 Å². The fourth-order valence-corrected chi connectivity index (χ4v) is 1.02. The molecule has 0 aliphatic carbocycles. The molecule has 11 heavy (non-hydrogen) atoms. The standard InChI is InChI=1S/C4H9N5OS/c1-11(10)3-2-9-4(5)6-7-8-9/h2-3H2,1H3,(H2,5,6,8). The van der Waals surface area contributed by atoms with Crippen LogP contribution in [0.5, 0.6) is 0 Å². The molecule has 6 nitrogen and oxygen atoms in total. The molecule has 1 heterocycles. The lowest BCUT2D eigenvalue weighted by Crippen LogP contribution is -2.10. The Morgan fingerprint density at radius 2 is 2.45 bits per heavy atom. The maximum absolute atomic E-state index is 10.6. The summed E-state index contributed by atoms with van der Waals surface area (Å²) < 4.78 is 12.1. The van der Waals surface area contributed by atoms with Crippen LogP contribution >= 0.6 is 0 Å². The zero-order valence-electron chi connectivity index (χ0n) is 6.10. The molecule has 0 radical (unpaired) electrons. The summed E-state index contributed by atoms with van der Waals surface area (Å²) in [5.74, 6) is 0.783. The third kappa shape index (κ3) is 2.26. The van der Waals surface area contributed by atoms with Crippen LogP contribution in [0.15, 0.2) is 0 Å². The summed E-state index contributed by atoms with van der Waals surface area (Å²) >= 11 is 0. The van der Waals surface area contributed by atoms with Crippen molar-refractivity contribution in [2.75, 3.05) is 17.7 Å². The number of tetrazole rings is 1. The summed E-state index contributed by atoms with van der Waals surface area (Å²) in [5.41, 5.74) is 5.35. The van der Waals surface area contributed by atoms with Gasteiger partial charge in [0, 0.05) is 22.8 Å². The van der Waals surface area contributed by atoms with Crippen molar-refractivity contribution in [3.05, 3.63) is 0 Å². The second kappa shape index (κ2) is 3.42. The number of anilines is 1. The van der Waals surface area contributed by atoms with E-state index in [1.807, 2.05) is 0 Å². The van der Waals surface area contributed by atoms with Crippen LogP contribution in [0.1, 0.15) is 0 Å². The van der Waals surface area contributed by atoms with Gasteiger partial charge in [-0.2, -0.15) is 0 Å². The Morgan fingerprint density at radius 1 is 1.73 bits per heavy atom. The molecule has 0 bridgehead atoms. The molecule has 0 spiro atoms. The molecule has 1 aromatic rings. The van der Waals surface area contributed by atoms with E-state index in [1.54, 1.807) is 6.26 Å². The average molecular weight is 175 g/mol. The first kappa shape index (κ1) is 8.12. The van der Waals surface area contributed by atoms with Crippen LogP contribution in [0.3, 0.4) is 0 Å². The van der Waals surface area contributed by atoms with Crippen molar-refractivity contribution in [3.63, 3.8) is 0 Å². The number of nitrogens with two attached hydrogens (primary N) is 1. The van der Waals surface area contributed by atoms with Gasteiger partial charge in [-0.3, -0.25) is 4.21 Å². The van der Waals surface area contributed by atoms with Crippen molar-refractivity contribution in [3.8, 4) is 0 Å². The highest BCUT2D eigenvalue weighted by molar-refractivity contribution is 7.84. The van der Waals surface area contributed by atoms with Crippen molar-refractivity contribution in [1.82, 2.24) is 20.2 Å². The average Bonchev–Trinajstić information content (AvgIpc) is 2.31. The molecule has 1 unspecified atom stereocenters. The van der Waals surface area contributed by atoms with Gasteiger partial charge in [-0.15, -0.1) is 0 Å². The Morgan fingerprint density at radius 3 is 2.91 bits per heavy atom. The minimum atomic E-state index is -0.830. The minimum Gasteiger partial charge on any atom is -0.367 e. The smallest absolute Gasteiger partial charge is 0.240 e. The number of rotatable bonds is 3. The van der Waals surface area contributed by atoms with Gasteiger partial charge < -0.3 is 5.73 Å². The van der Waals surface area contributed by atoms with Crippen molar-refractivity contribution < 1.29 is 4.21 Å². The molecule has 0 aliphatic heterocycles. The summed E-state index contributed by atoms with van der Waals surface area (Å²) in [4.78, 5) is 0. The first-order valence-corrected chi connectivity index (χ1v) is 4.74. The van der Waals surface area contributed by atoms with Crippen LogP contribution in [0.4, 0.5) is 5.95 Å². The number of hydrogen-bond acceptors (Lipinski definition) is 5. The molecule has 62 valence electrons. The number of nitrogens with zero attached hydrogens (tertiary/aromatic N) is 4. The summed E-state index contributed by atoms with van der Waals surface area (Å²) in [6.45, 7) is 0.502. The Balaban J connectivity index is 2.51. The molecule has 7 heteroatoms. The maximum Gasteiger partial charge on any atom is 0.240 e. The van der Waals surface area contributed by atoms with E-state index in [2.05, 4.69) is 15.5 Å². The molecule has 1 aromatic heterocycles. The molecule has 0 aliphatic rings. The number of hydrogen-bond donors (Lipinski definition) is 1. The van der Waals surface area contributed by atoms with Crippen LogP contribution in [-0.2, 0) is 17.3 Å². The fourth-order valence-electron chi connectivity index (χ4n) is 0.586. The Labute approximate surface area is 66.2 Å². The van der Waals surface area contributed by atoms with Gasteiger partial charge in [0.1, 0.15) is 0 Å². The zero-order chi connectivity index (χ0) is 8.27. The van der Waals surface area contributed by atoms with Gasteiger partial charge >= 0.3 is 0 Å². The normalized spacial score (nSPS) is 13.2. The summed E-state index contributed by atoms with van der Waals surface area (Å²) in [6.07, 6.45) is 1.63. The van der Waals surface area contributed by atoms with Crippen LogP contribution in [0.25, 0.3) is 0 Å². The van der Waals surface area contributed by atoms with Crippen LogP contribution in [0.2, 0.25) is 0 Å². The summed E-state index contributed by atoms with van der Waals surface area (Å²) in [6, 6.07) is 0. The second-order valence-electron chi connectivity index (χ2n) is 2.04. The minimum absolute atomic E-state index is 0.260. The Hall–Kier alpha value is -0.980. The number of nitrogen functional groups attached to an aromatic ring is 1. The van der Waals surface area contributed by atoms with Crippen LogP contribution in [-0.4, -0.2) is 36.4 Å². The zero-order valence-corrected chi connectivity index (χ0v) is 6.91. The van der Waals surface area contributed by atoms with E-state index >= 15 is 0 Å². The van der Waals surface area contributed by atoms with E-state index in [-0.39, 0.29) is 5.95 Å². The SMILES string of the molecule is CS(=O)CCn1nnnc1N. The first-order chi connectivity index (χ1) is 5.20. The molecule has 0 saturated carbocycles. The van der Waals surface area contributed by atoms with E-state index < -0.39 is 10.8 Å². The molecule has 0 saturated heterocycles. The van der Waals surface area contributed by atoms with Gasteiger partial charge in [0.25, 0.3) is 0 Å². The van der Waals surface area contributed by atoms with Gasteiger partial charge in [0.2, 0.25) is 5.95 Å². The molecule has 0 aromatic carbocycles. The highest BCUT2D eigenvalue weighted by Crippen LogP contribution is 1.91.